The van der Waals surface area contributed by atoms with Gasteiger partial charge in [-0.05, 0) is 36.5 Å². The Hall–Kier alpha value is -2.55. The Morgan fingerprint density at radius 2 is 2.04 bits per heavy atom. The molecule has 3 rings (SSSR count). The summed E-state index contributed by atoms with van der Waals surface area (Å²) in [5, 5.41) is 17.9. The summed E-state index contributed by atoms with van der Waals surface area (Å²) in [5.41, 5.74) is 0.881. The maximum absolute atomic E-state index is 13.0. The summed E-state index contributed by atoms with van der Waals surface area (Å²) in [6.07, 6.45) is 4.24. The molecule has 0 spiro atoms. The van der Waals surface area contributed by atoms with Gasteiger partial charge in [0, 0.05) is 19.4 Å². The van der Waals surface area contributed by atoms with E-state index in [0.717, 1.165) is 43.6 Å². The fraction of sp³-hybridized carbons (Fsp3) is 0.474. The standard InChI is InChI=1S/C19H21FN4O/c1-13(14-6-8-15(20)9-7-14)11-17(25)16(12-21)19-23-22-18-5-3-2-4-10-24(18)19/h6-9,13,16H,2-5,10-11H2,1H3/t13-,16-/m0/s1. The Labute approximate surface area is 146 Å². The monoisotopic (exact) mass is 340 g/mol. The molecule has 0 radical (unpaired) electrons. The zero-order valence-corrected chi connectivity index (χ0v) is 14.3. The Kier molecular flexibility index (Phi) is 5.22. The fourth-order valence-electron chi connectivity index (χ4n) is 3.32. The number of aromatic nitrogens is 3. The topological polar surface area (TPSA) is 71.6 Å². The highest BCUT2D eigenvalue weighted by molar-refractivity contribution is 5.88. The van der Waals surface area contributed by atoms with Crippen molar-refractivity contribution < 1.29 is 9.18 Å². The summed E-state index contributed by atoms with van der Waals surface area (Å²) in [4.78, 5) is 12.7. The summed E-state index contributed by atoms with van der Waals surface area (Å²) in [6, 6.07) is 8.24. The van der Waals surface area contributed by atoms with E-state index in [1.54, 1.807) is 12.1 Å². The van der Waals surface area contributed by atoms with Crippen LogP contribution in [-0.2, 0) is 17.8 Å². The predicted octanol–water partition coefficient (Wildman–Crippen LogP) is 3.51. The van der Waals surface area contributed by atoms with Gasteiger partial charge < -0.3 is 4.57 Å². The Bertz CT molecular complexity index is 791. The molecule has 130 valence electrons. The first-order valence-electron chi connectivity index (χ1n) is 8.70. The molecule has 0 N–H and O–H groups in total. The van der Waals surface area contributed by atoms with Gasteiger partial charge in [0.2, 0.25) is 0 Å². The molecule has 2 heterocycles. The Morgan fingerprint density at radius 3 is 2.76 bits per heavy atom. The van der Waals surface area contributed by atoms with Crippen molar-refractivity contribution in [3.05, 3.63) is 47.3 Å². The number of hydrogen-bond donors (Lipinski definition) is 0. The highest BCUT2D eigenvalue weighted by atomic mass is 19.1. The van der Waals surface area contributed by atoms with Gasteiger partial charge in [-0.1, -0.05) is 25.5 Å². The number of nitriles is 1. The molecule has 0 aliphatic carbocycles. The van der Waals surface area contributed by atoms with E-state index in [1.165, 1.54) is 12.1 Å². The molecule has 25 heavy (non-hydrogen) atoms. The number of carbonyl (C=O) groups is 1. The van der Waals surface area contributed by atoms with Crippen LogP contribution in [0.15, 0.2) is 24.3 Å². The molecule has 0 fully saturated rings. The number of halogens is 1. The second-order valence-corrected chi connectivity index (χ2v) is 6.62. The van der Waals surface area contributed by atoms with E-state index in [2.05, 4.69) is 16.3 Å². The SMILES string of the molecule is C[C@@H](CC(=O)[C@H](C#N)c1nnc2n1CCCCC2)c1ccc(F)cc1. The maximum atomic E-state index is 13.0. The van der Waals surface area contributed by atoms with Crippen molar-refractivity contribution in [1.29, 1.82) is 5.26 Å². The van der Waals surface area contributed by atoms with Crippen LogP contribution in [0.3, 0.4) is 0 Å². The lowest BCUT2D eigenvalue weighted by Crippen LogP contribution is -2.19. The van der Waals surface area contributed by atoms with Gasteiger partial charge in [0.05, 0.1) is 6.07 Å². The van der Waals surface area contributed by atoms with Crippen LogP contribution in [0.2, 0.25) is 0 Å². The van der Waals surface area contributed by atoms with Crippen LogP contribution in [0.5, 0.6) is 0 Å². The van der Waals surface area contributed by atoms with Crippen molar-refractivity contribution in [2.45, 2.75) is 57.4 Å². The quantitative estimate of drug-likeness (QED) is 0.835. The van der Waals surface area contributed by atoms with Crippen LogP contribution >= 0.6 is 0 Å². The summed E-state index contributed by atoms with van der Waals surface area (Å²) in [6.45, 7) is 2.67. The highest BCUT2D eigenvalue weighted by Crippen LogP contribution is 2.26. The van der Waals surface area contributed by atoms with Crippen molar-refractivity contribution in [1.82, 2.24) is 14.8 Å². The fourth-order valence-corrected chi connectivity index (χ4v) is 3.32. The number of rotatable bonds is 5. The molecule has 2 aromatic rings. The molecular formula is C19H21FN4O. The molecule has 6 heteroatoms. The lowest BCUT2D eigenvalue weighted by molar-refractivity contribution is -0.119. The minimum absolute atomic E-state index is 0.0875. The number of Topliss-reactive ketones (excluding diaryl/α,β-unsaturated/α-hetero) is 1. The molecule has 5 nitrogen and oxygen atoms in total. The number of aryl methyl sites for hydroxylation is 1. The van der Waals surface area contributed by atoms with Gasteiger partial charge >= 0.3 is 0 Å². The average molecular weight is 340 g/mol. The van der Waals surface area contributed by atoms with Gasteiger partial charge in [-0.25, -0.2) is 4.39 Å². The van der Waals surface area contributed by atoms with E-state index in [-0.39, 0.29) is 23.9 Å². The van der Waals surface area contributed by atoms with E-state index in [0.29, 0.717) is 5.82 Å². The third-order valence-electron chi connectivity index (χ3n) is 4.79. The van der Waals surface area contributed by atoms with Crippen molar-refractivity contribution in [2.24, 2.45) is 0 Å². The van der Waals surface area contributed by atoms with Crippen LogP contribution in [0.25, 0.3) is 0 Å². The third kappa shape index (κ3) is 3.76. The molecule has 1 aromatic carbocycles. The average Bonchev–Trinajstić information content (AvgIpc) is 2.84. The van der Waals surface area contributed by atoms with E-state index >= 15 is 0 Å². The second kappa shape index (κ2) is 7.56. The second-order valence-electron chi connectivity index (χ2n) is 6.62. The number of benzene rings is 1. The van der Waals surface area contributed by atoms with Gasteiger partial charge in [-0.2, -0.15) is 5.26 Å². The van der Waals surface area contributed by atoms with Gasteiger partial charge in [-0.3, -0.25) is 4.79 Å². The van der Waals surface area contributed by atoms with Crippen LogP contribution in [-0.4, -0.2) is 20.5 Å². The lowest BCUT2D eigenvalue weighted by atomic mass is 9.91. The number of ketones is 1. The summed E-state index contributed by atoms with van der Waals surface area (Å²) in [5.74, 6) is -0.123. The van der Waals surface area contributed by atoms with E-state index in [1.807, 2.05) is 11.5 Å². The van der Waals surface area contributed by atoms with Gasteiger partial charge in [-0.15, -0.1) is 10.2 Å². The van der Waals surface area contributed by atoms with E-state index < -0.39 is 5.92 Å². The van der Waals surface area contributed by atoms with Gasteiger partial charge in [0.15, 0.2) is 17.5 Å². The molecule has 0 saturated carbocycles. The van der Waals surface area contributed by atoms with Crippen molar-refractivity contribution in [3.8, 4) is 6.07 Å². The largest absolute Gasteiger partial charge is 0.313 e. The highest BCUT2D eigenvalue weighted by Gasteiger charge is 2.29. The Balaban J connectivity index is 1.77. The molecule has 1 aliphatic heterocycles. The third-order valence-corrected chi connectivity index (χ3v) is 4.79. The first-order valence-corrected chi connectivity index (χ1v) is 8.70. The Morgan fingerprint density at radius 1 is 1.28 bits per heavy atom. The number of hydrogen-bond acceptors (Lipinski definition) is 4. The predicted molar refractivity (Wildman–Crippen MR) is 90.4 cm³/mol. The first kappa shape index (κ1) is 17.3. The smallest absolute Gasteiger partial charge is 0.164 e. The molecule has 2 atom stereocenters. The molecule has 0 bridgehead atoms. The van der Waals surface area contributed by atoms with E-state index in [4.69, 9.17) is 0 Å². The lowest BCUT2D eigenvalue weighted by Gasteiger charge is -2.14. The molecule has 0 amide bonds. The maximum Gasteiger partial charge on any atom is 0.164 e. The molecule has 0 saturated heterocycles. The first-order chi connectivity index (χ1) is 12.1. The summed E-state index contributed by atoms with van der Waals surface area (Å²) >= 11 is 0. The summed E-state index contributed by atoms with van der Waals surface area (Å²) < 4.78 is 15.0. The van der Waals surface area contributed by atoms with Crippen LogP contribution in [0.4, 0.5) is 4.39 Å². The minimum Gasteiger partial charge on any atom is -0.313 e. The van der Waals surface area contributed by atoms with Gasteiger partial charge in [0.1, 0.15) is 11.6 Å². The van der Waals surface area contributed by atoms with Gasteiger partial charge in [0.25, 0.3) is 0 Å². The molecule has 0 unspecified atom stereocenters. The van der Waals surface area contributed by atoms with E-state index in [9.17, 15) is 14.4 Å². The number of nitrogens with zero attached hydrogens (tertiary/aromatic N) is 4. The zero-order chi connectivity index (χ0) is 17.8. The minimum atomic E-state index is -0.901. The number of carbonyl (C=O) groups excluding carboxylic acids is 1. The molecular weight excluding hydrogens is 319 g/mol. The number of fused-ring (bicyclic) bond motifs is 1. The van der Waals surface area contributed by atoms with Crippen molar-refractivity contribution >= 4 is 5.78 Å². The van der Waals surface area contributed by atoms with Crippen LogP contribution < -0.4 is 0 Å². The normalized spacial score (nSPS) is 16.4. The molecule has 1 aromatic heterocycles. The van der Waals surface area contributed by atoms with Crippen LogP contribution in [0, 0.1) is 17.1 Å². The molecule has 1 aliphatic rings. The van der Waals surface area contributed by atoms with Crippen molar-refractivity contribution in [2.75, 3.05) is 0 Å². The summed E-state index contributed by atoms with van der Waals surface area (Å²) in [7, 11) is 0. The van der Waals surface area contributed by atoms with Crippen LogP contribution in [0.1, 0.15) is 61.7 Å². The zero-order valence-electron chi connectivity index (χ0n) is 14.3. The van der Waals surface area contributed by atoms with Crippen molar-refractivity contribution in [3.63, 3.8) is 0 Å².